The summed E-state index contributed by atoms with van der Waals surface area (Å²) in [6, 6.07) is 15.3. The molecule has 5 nitrogen and oxygen atoms in total. The molecule has 2 heterocycles. The van der Waals surface area contributed by atoms with Gasteiger partial charge in [0, 0.05) is 0 Å². The number of nitrogens with zero attached hydrogens (tertiary/aromatic N) is 2. The third-order valence-corrected chi connectivity index (χ3v) is 5.63. The fraction of sp³-hybridized carbons (Fsp3) is 0.333. The molecule has 0 N–H and O–H groups in total. The van der Waals surface area contributed by atoms with Crippen LogP contribution in [0.2, 0.25) is 0 Å². The fourth-order valence-corrected chi connectivity index (χ4v) is 3.89. The average Bonchev–Trinajstić information content (AvgIpc) is 3.08. The maximum Gasteiger partial charge on any atom is 0.338 e. The van der Waals surface area contributed by atoms with E-state index in [9.17, 15) is 4.79 Å². The quantitative estimate of drug-likeness (QED) is 0.444. The van der Waals surface area contributed by atoms with Gasteiger partial charge < -0.3 is 14.4 Å². The number of hydrogen-bond donors (Lipinski definition) is 0. The zero-order valence-electron chi connectivity index (χ0n) is 15.3. The topological polar surface area (TPSA) is 51.7 Å². The maximum absolute atomic E-state index is 12.3. The van der Waals surface area contributed by atoms with Crippen LogP contribution < -0.4 is 9.64 Å². The van der Waals surface area contributed by atoms with E-state index in [4.69, 9.17) is 9.47 Å². The minimum atomic E-state index is -0.288. The van der Waals surface area contributed by atoms with E-state index in [1.807, 2.05) is 30.3 Å². The number of carbonyl (C=O) groups is 1. The Morgan fingerprint density at radius 2 is 1.96 bits per heavy atom. The van der Waals surface area contributed by atoms with Crippen LogP contribution in [0.3, 0.4) is 0 Å². The van der Waals surface area contributed by atoms with Gasteiger partial charge in [0.15, 0.2) is 5.13 Å². The Balaban J connectivity index is 1.28. The number of para-hydroxylation sites is 1. The van der Waals surface area contributed by atoms with Crippen LogP contribution in [0.15, 0.2) is 48.5 Å². The molecule has 2 aromatic carbocycles. The normalized spacial score (nSPS) is 14.2. The molecule has 0 aliphatic carbocycles. The van der Waals surface area contributed by atoms with E-state index >= 15 is 0 Å². The summed E-state index contributed by atoms with van der Waals surface area (Å²) in [5.74, 6) is 0.495. The highest BCUT2D eigenvalue weighted by atomic mass is 32.1. The van der Waals surface area contributed by atoms with Gasteiger partial charge in [-0.15, -0.1) is 0 Å². The molecule has 3 aromatic rings. The predicted molar refractivity (Wildman–Crippen MR) is 108 cm³/mol. The van der Waals surface area contributed by atoms with Gasteiger partial charge in [-0.05, 0) is 42.8 Å². The second kappa shape index (κ2) is 7.96. The van der Waals surface area contributed by atoms with Gasteiger partial charge in [-0.1, -0.05) is 36.8 Å². The Hall–Kier alpha value is -2.60. The minimum absolute atomic E-state index is 0.0926. The highest BCUT2D eigenvalue weighted by molar-refractivity contribution is 7.22. The van der Waals surface area contributed by atoms with Crippen LogP contribution in [0.25, 0.3) is 10.2 Å². The molecule has 140 valence electrons. The SMILES string of the molecule is CCCCOc1ccc(C(=O)OC2CN(c3nc4ccccc4s3)C2)cc1. The molecule has 1 saturated heterocycles. The van der Waals surface area contributed by atoms with Gasteiger partial charge in [0.1, 0.15) is 11.9 Å². The minimum Gasteiger partial charge on any atom is -0.494 e. The van der Waals surface area contributed by atoms with Crippen LogP contribution in [-0.2, 0) is 4.74 Å². The number of unbranched alkanes of at least 4 members (excludes halogenated alkanes) is 1. The number of anilines is 1. The van der Waals surface area contributed by atoms with Gasteiger partial charge in [-0.3, -0.25) is 0 Å². The largest absolute Gasteiger partial charge is 0.494 e. The number of fused-ring (bicyclic) bond motifs is 1. The molecule has 0 bridgehead atoms. The second-order valence-corrected chi connectivity index (χ2v) is 7.63. The van der Waals surface area contributed by atoms with E-state index < -0.39 is 0 Å². The summed E-state index contributed by atoms with van der Waals surface area (Å²) in [6.45, 7) is 4.19. The van der Waals surface area contributed by atoms with Crippen molar-refractivity contribution in [2.24, 2.45) is 0 Å². The first-order chi connectivity index (χ1) is 13.2. The molecule has 0 atom stereocenters. The molecule has 0 spiro atoms. The molecular formula is C21H22N2O3S. The first-order valence-electron chi connectivity index (χ1n) is 9.27. The molecular weight excluding hydrogens is 360 g/mol. The Bertz CT molecular complexity index is 884. The number of carbonyl (C=O) groups excluding carboxylic acids is 1. The lowest BCUT2D eigenvalue weighted by Crippen LogP contribution is -2.53. The van der Waals surface area contributed by atoms with Crippen molar-refractivity contribution in [2.45, 2.75) is 25.9 Å². The summed E-state index contributed by atoms with van der Waals surface area (Å²) in [5.41, 5.74) is 1.57. The first kappa shape index (κ1) is 17.8. The van der Waals surface area contributed by atoms with Gasteiger partial charge in [0.25, 0.3) is 0 Å². The number of benzene rings is 2. The van der Waals surface area contributed by atoms with Gasteiger partial charge in [-0.2, -0.15) is 0 Å². The molecule has 27 heavy (non-hydrogen) atoms. The van der Waals surface area contributed by atoms with Gasteiger partial charge in [0.2, 0.25) is 0 Å². The molecule has 1 aromatic heterocycles. The van der Waals surface area contributed by atoms with Gasteiger partial charge in [-0.25, -0.2) is 9.78 Å². The summed E-state index contributed by atoms with van der Waals surface area (Å²) < 4.78 is 12.4. The van der Waals surface area contributed by atoms with Crippen LogP contribution in [0.1, 0.15) is 30.1 Å². The lowest BCUT2D eigenvalue weighted by molar-refractivity contribution is 0.0234. The summed E-state index contributed by atoms with van der Waals surface area (Å²) >= 11 is 1.67. The molecule has 1 aliphatic heterocycles. The van der Waals surface area contributed by atoms with Crippen molar-refractivity contribution in [2.75, 3.05) is 24.6 Å². The van der Waals surface area contributed by atoms with Crippen molar-refractivity contribution in [3.63, 3.8) is 0 Å². The highest BCUT2D eigenvalue weighted by Gasteiger charge is 2.32. The predicted octanol–water partition coefficient (Wildman–Crippen LogP) is 4.52. The van der Waals surface area contributed by atoms with Gasteiger partial charge >= 0.3 is 5.97 Å². The fourth-order valence-electron chi connectivity index (χ4n) is 2.91. The smallest absolute Gasteiger partial charge is 0.338 e. The number of rotatable bonds is 7. The molecule has 0 unspecified atom stereocenters. The van der Waals surface area contributed by atoms with E-state index in [-0.39, 0.29) is 12.1 Å². The Morgan fingerprint density at radius 3 is 2.70 bits per heavy atom. The summed E-state index contributed by atoms with van der Waals surface area (Å²) in [7, 11) is 0. The lowest BCUT2D eigenvalue weighted by atomic mass is 10.1. The van der Waals surface area contributed by atoms with Crippen molar-refractivity contribution in [1.82, 2.24) is 4.98 Å². The molecule has 4 rings (SSSR count). The zero-order valence-corrected chi connectivity index (χ0v) is 16.1. The number of thiazole rings is 1. The Labute approximate surface area is 162 Å². The summed E-state index contributed by atoms with van der Waals surface area (Å²) in [4.78, 5) is 19.1. The molecule has 0 radical (unpaired) electrons. The number of esters is 1. The van der Waals surface area contributed by atoms with Crippen LogP contribution in [-0.4, -0.2) is 36.8 Å². The van der Waals surface area contributed by atoms with Crippen molar-refractivity contribution in [3.8, 4) is 5.75 Å². The first-order valence-corrected chi connectivity index (χ1v) is 10.1. The van der Waals surface area contributed by atoms with Crippen LogP contribution >= 0.6 is 11.3 Å². The number of hydrogen-bond acceptors (Lipinski definition) is 6. The third-order valence-electron chi connectivity index (χ3n) is 4.53. The maximum atomic E-state index is 12.3. The second-order valence-electron chi connectivity index (χ2n) is 6.62. The number of ether oxygens (including phenoxy) is 2. The van der Waals surface area contributed by atoms with E-state index in [1.165, 1.54) is 4.70 Å². The van der Waals surface area contributed by atoms with Crippen molar-refractivity contribution in [1.29, 1.82) is 0 Å². The van der Waals surface area contributed by atoms with Crippen LogP contribution in [0.5, 0.6) is 5.75 Å². The van der Waals surface area contributed by atoms with Crippen molar-refractivity contribution < 1.29 is 14.3 Å². The van der Waals surface area contributed by atoms with Gasteiger partial charge in [0.05, 0.1) is 35.5 Å². The molecule has 0 amide bonds. The van der Waals surface area contributed by atoms with Crippen LogP contribution in [0.4, 0.5) is 5.13 Å². The van der Waals surface area contributed by atoms with Crippen molar-refractivity contribution in [3.05, 3.63) is 54.1 Å². The zero-order chi connectivity index (χ0) is 18.6. The van der Waals surface area contributed by atoms with E-state index in [0.29, 0.717) is 25.3 Å². The Morgan fingerprint density at radius 1 is 1.19 bits per heavy atom. The summed E-state index contributed by atoms with van der Waals surface area (Å²) in [6.07, 6.45) is 2.03. The lowest BCUT2D eigenvalue weighted by Gasteiger charge is -2.38. The standard InChI is InChI=1S/C21H22N2O3S/c1-2-3-12-25-16-10-8-15(9-11-16)20(24)26-17-13-23(14-17)21-22-18-6-4-5-7-19(18)27-21/h4-11,17H,2-3,12-14H2,1H3. The molecule has 1 fully saturated rings. The molecule has 1 aliphatic rings. The van der Waals surface area contributed by atoms with Crippen LogP contribution in [0, 0.1) is 0 Å². The van der Waals surface area contributed by atoms with E-state index in [2.05, 4.69) is 22.9 Å². The number of aromatic nitrogens is 1. The monoisotopic (exact) mass is 382 g/mol. The molecule has 0 saturated carbocycles. The molecule has 6 heteroatoms. The average molecular weight is 382 g/mol. The Kier molecular flexibility index (Phi) is 5.25. The van der Waals surface area contributed by atoms with Crippen molar-refractivity contribution >= 4 is 32.7 Å². The van der Waals surface area contributed by atoms with E-state index in [1.54, 1.807) is 23.5 Å². The summed E-state index contributed by atoms with van der Waals surface area (Å²) in [5, 5.41) is 0.983. The third kappa shape index (κ3) is 4.06. The highest BCUT2D eigenvalue weighted by Crippen LogP contribution is 2.32. The van der Waals surface area contributed by atoms with E-state index in [0.717, 1.165) is 29.2 Å².